The van der Waals surface area contributed by atoms with Crippen molar-refractivity contribution in [1.29, 1.82) is 0 Å². The molecular formula is C14H17N3O2S. The summed E-state index contributed by atoms with van der Waals surface area (Å²) in [5.74, 6) is 0.00327. The van der Waals surface area contributed by atoms with Crippen molar-refractivity contribution in [3.63, 3.8) is 0 Å². The number of aliphatic hydroxyl groups excluding tert-OH is 1. The third-order valence-corrected chi connectivity index (χ3v) is 5.05. The summed E-state index contributed by atoms with van der Waals surface area (Å²) in [7, 11) is 0. The third-order valence-electron chi connectivity index (χ3n) is 3.92. The van der Waals surface area contributed by atoms with Crippen LogP contribution in [0.5, 0.6) is 0 Å². The molecule has 1 amide bonds. The Morgan fingerprint density at radius 2 is 2.40 bits per heavy atom. The molecule has 1 aliphatic rings. The van der Waals surface area contributed by atoms with Crippen LogP contribution in [0.25, 0.3) is 10.2 Å². The van der Waals surface area contributed by atoms with E-state index in [-0.39, 0.29) is 24.5 Å². The predicted molar refractivity (Wildman–Crippen MR) is 79.7 cm³/mol. The number of carbonyl (C=O) groups is 1. The number of nitrogens with two attached hydrogens (primary N) is 1. The number of anilines is 1. The molecule has 5 nitrogen and oxygen atoms in total. The van der Waals surface area contributed by atoms with Gasteiger partial charge in [0.25, 0.3) is 5.91 Å². The molecular weight excluding hydrogens is 274 g/mol. The van der Waals surface area contributed by atoms with Gasteiger partial charge in [0.15, 0.2) is 0 Å². The molecule has 3 rings (SSSR count). The number of rotatable bonds is 3. The van der Waals surface area contributed by atoms with Gasteiger partial charge in [0.05, 0.1) is 5.69 Å². The first-order valence-corrected chi connectivity index (χ1v) is 7.57. The maximum Gasteiger partial charge on any atom is 0.263 e. The summed E-state index contributed by atoms with van der Waals surface area (Å²) < 4.78 is 0. The smallest absolute Gasteiger partial charge is 0.263 e. The number of nitrogens with one attached hydrogen (secondary N) is 1. The number of hydrogen-bond acceptors (Lipinski definition) is 5. The Kier molecular flexibility index (Phi) is 3.58. The van der Waals surface area contributed by atoms with Gasteiger partial charge in [-0.25, -0.2) is 4.98 Å². The average Bonchev–Trinajstić information content (AvgIpc) is 3.04. The van der Waals surface area contributed by atoms with Crippen LogP contribution in [0, 0.1) is 5.92 Å². The van der Waals surface area contributed by atoms with E-state index < -0.39 is 0 Å². The second-order valence-corrected chi connectivity index (χ2v) is 6.15. The van der Waals surface area contributed by atoms with E-state index in [1.807, 2.05) is 12.1 Å². The van der Waals surface area contributed by atoms with Crippen LogP contribution in [-0.2, 0) is 0 Å². The van der Waals surface area contributed by atoms with E-state index in [0.717, 1.165) is 29.5 Å². The summed E-state index contributed by atoms with van der Waals surface area (Å²) in [6.07, 6.45) is 4.61. The van der Waals surface area contributed by atoms with Crippen LogP contribution in [0.1, 0.15) is 28.9 Å². The highest BCUT2D eigenvalue weighted by molar-refractivity contribution is 7.21. The maximum atomic E-state index is 12.4. The van der Waals surface area contributed by atoms with E-state index in [1.54, 1.807) is 6.20 Å². The Balaban J connectivity index is 1.84. The number of nitrogens with zero attached hydrogens (tertiary/aromatic N) is 1. The van der Waals surface area contributed by atoms with Crippen molar-refractivity contribution in [2.45, 2.75) is 25.3 Å². The van der Waals surface area contributed by atoms with Gasteiger partial charge in [-0.1, -0.05) is 6.42 Å². The molecule has 2 atom stereocenters. The van der Waals surface area contributed by atoms with Gasteiger partial charge in [0.1, 0.15) is 9.71 Å². The molecule has 2 unspecified atom stereocenters. The average molecular weight is 291 g/mol. The van der Waals surface area contributed by atoms with Crippen molar-refractivity contribution in [1.82, 2.24) is 10.3 Å². The van der Waals surface area contributed by atoms with Crippen LogP contribution in [-0.4, -0.2) is 28.6 Å². The molecule has 1 aliphatic carbocycles. The van der Waals surface area contributed by atoms with Gasteiger partial charge >= 0.3 is 0 Å². The molecule has 2 aromatic heterocycles. The van der Waals surface area contributed by atoms with Gasteiger partial charge < -0.3 is 16.2 Å². The first-order chi connectivity index (χ1) is 9.70. The van der Waals surface area contributed by atoms with Gasteiger partial charge in [-0.05, 0) is 25.0 Å². The number of aliphatic hydroxyl groups is 1. The van der Waals surface area contributed by atoms with Crippen molar-refractivity contribution < 1.29 is 9.90 Å². The molecule has 0 aromatic carbocycles. The number of thiophene rings is 1. The molecule has 2 aromatic rings. The van der Waals surface area contributed by atoms with E-state index >= 15 is 0 Å². The molecule has 0 saturated heterocycles. The van der Waals surface area contributed by atoms with Crippen molar-refractivity contribution in [3.8, 4) is 0 Å². The van der Waals surface area contributed by atoms with Gasteiger partial charge in [0, 0.05) is 30.1 Å². The lowest BCUT2D eigenvalue weighted by Gasteiger charge is -2.18. The number of pyridine rings is 1. The zero-order valence-electron chi connectivity index (χ0n) is 11.0. The van der Waals surface area contributed by atoms with Gasteiger partial charge in [0.2, 0.25) is 0 Å². The molecule has 0 radical (unpaired) electrons. The quantitative estimate of drug-likeness (QED) is 0.804. The fourth-order valence-corrected chi connectivity index (χ4v) is 3.77. The monoisotopic (exact) mass is 291 g/mol. The number of carbonyl (C=O) groups excluding carboxylic acids is 1. The van der Waals surface area contributed by atoms with Gasteiger partial charge in [-0.15, -0.1) is 11.3 Å². The molecule has 0 spiro atoms. The highest BCUT2D eigenvalue weighted by Gasteiger charge is 2.29. The molecule has 106 valence electrons. The number of amides is 1. The minimum atomic E-state index is -0.157. The van der Waals surface area contributed by atoms with Crippen molar-refractivity contribution in [2.24, 2.45) is 5.92 Å². The number of nitrogen functional groups attached to an aromatic ring is 1. The third kappa shape index (κ3) is 2.25. The van der Waals surface area contributed by atoms with Crippen molar-refractivity contribution in [2.75, 3.05) is 12.3 Å². The lowest BCUT2D eigenvalue weighted by molar-refractivity contribution is 0.0921. The standard InChI is InChI=1S/C14H17N3O2S/c15-11-9-4-2-6-16-14(9)20-12(11)13(19)17-10-5-1-3-8(10)7-18/h2,4,6,8,10,18H,1,3,5,7,15H2,(H,17,19). The molecule has 1 fully saturated rings. The summed E-state index contributed by atoms with van der Waals surface area (Å²) in [5.41, 5.74) is 6.54. The SMILES string of the molecule is Nc1c(C(=O)NC2CCCC2CO)sc2ncccc12. The lowest BCUT2D eigenvalue weighted by atomic mass is 10.1. The van der Waals surface area contributed by atoms with Crippen LogP contribution in [0.2, 0.25) is 0 Å². The minimum absolute atomic E-state index is 0.0464. The first kappa shape index (κ1) is 13.3. The van der Waals surface area contributed by atoms with E-state index in [9.17, 15) is 9.90 Å². The van der Waals surface area contributed by atoms with Crippen LogP contribution in [0.15, 0.2) is 18.3 Å². The summed E-state index contributed by atoms with van der Waals surface area (Å²) >= 11 is 1.31. The topological polar surface area (TPSA) is 88.2 Å². The van der Waals surface area contributed by atoms with E-state index in [4.69, 9.17) is 5.73 Å². The predicted octanol–water partition coefficient (Wildman–Crippen LogP) is 1.77. The highest BCUT2D eigenvalue weighted by Crippen LogP contribution is 2.32. The van der Waals surface area contributed by atoms with E-state index in [2.05, 4.69) is 10.3 Å². The van der Waals surface area contributed by atoms with Gasteiger partial charge in [-0.3, -0.25) is 4.79 Å². The van der Waals surface area contributed by atoms with Crippen LogP contribution in [0.4, 0.5) is 5.69 Å². The summed E-state index contributed by atoms with van der Waals surface area (Å²) in [5, 5.41) is 13.1. The zero-order valence-corrected chi connectivity index (χ0v) is 11.8. The molecule has 20 heavy (non-hydrogen) atoms. The van der Waals surface area contributed by atoms with Crippen LogP contribution < -0.4 is 11.1 Å². The van der Waals surface area contributed by atoms with Crippen molar-refractivity contribution >= 4 is 33.1 Å². The fraction of sp³-hybridized carbons (Fsp3) is 0.429. The number of hydrogen-bond donors (Lipinski definition) is 3. The van der Waals surface area contributed by atoms with Gasteiger partial charge in [-0.2, -0.15) is 0 Å². The Morgan fingerprint density at radius 1 is 1.55 bits per heavy atom. The van der Waals surface area contributed by atoms with Crippen LogP contribution >= 0.6 is 11.3 Å². The zero-order chi connectivity index (χ0) is 14.1. The number of aromatic nitrogens is 1. The second-order valence-electron chi connectivity index (χ2n) is 5.15. The molecule has 1 saturated carbocycles. The molecule has 0 aliphatic heterocycles. The Hall–Kier alpha value is -1.66. The molecule has 6 heteroatoms. The number of fused-ring (bicyclic) bond motifs is 1. The van der Waals surface area contributed by atoms with E-state index in [1.165, 1.54) is 11.3 Å². The Labute approximate surface area is 120 Å². The normalized spacial score (nSPS) is 22.2. The molecule has 2 heterocycles. The van der Waals surface area contributed by atoms with Crippen LogP contribution in [0.3, 0.4) is 0 Å². The lowest BCUT2D eigenvalue weighted by Crippen LogP contribution is -2.38. The second kappa shape index (κ2) is 5.38. The Bertz CT molecular complexity index is 640. The molecule has 4 N–H and O–H groups in total. The summed E-state index contributed by atoms with van der Waals surface area (Å²) in [4.78, 5) is 17.9. The fourth-order valence-electron chi connectivity index (χ4n) is 2.80. The van der Waals surface area contributed by atoms with E-state index in [0.29, 0.717) is 10.6 Å². The first-order valence-electron chi connectivity index (χ1n) is 6.75. The van der Waals surface area contributed by atoms with Crippen molar-refractivity contribution in [3.05, 3.63) is 23.2 Å². The Morgan fingerprint density at radius 3 is 3.15 bits per heavy atom. The summed E-state index contributed by atoms with van der Waals surface area (Å²) in [6.45, 7) is 0.119. The maximum absolute atomic E-state index is 12.4. The molecule has 0 bridgehead atoms. The largest absolute Gasteiger partial charge is 0.397 e. The minimum Gasteiger partial charge on any atom is -0.397 e. The highest BCUT2D eigenvalue weighted by atomic mass is 32.1. The summed E-state index contributed by atoms with van der Waals surface area (Å²) in [6, 6.07) is 3.73.